The maximum Gasteiger partial charge on any atom is 0.232 e. The van der Waals surface area contributed by atoms with Gasteiger partial charge >= 0.3 is 0 Å². The molecule has 2 rings (SSSR count). The first-order valence-corrected chi connectivity index (χ1v) is 5.48. The predicted molar refractivity (Wildman–Crippen MR) is 64.5 cm³/mol. The maximum atomic E-state index is 13.5. The summed E-state index contributed by atoms with van der Waals surface area (Å²) in [4.78, 5) is 11.0. The van der Waals surface area contributed by atoms with Crippen molar-refractivity contribution in [1.29, 1.82) is 0 Å². The first-order chi connectivity index (χ1) is 8.06. The average molecular weight is 294 g/mol. The molecule has 0 fully saturated rings. The highest BCUT2D eigenvalue weighted by Gasteiger charge is 2.10. The largest absolute Gasteiger partial charge is 0.320 e. The van der Waals surface area contributed by atoms with Gasteiger partial charge in [0.1, 0.15) is 5.82 Å². The molecule has 0 saturated carbocycles. The number of hydrogen-bond acceptors (Lipinski definition) is 4. The summed E-state index contributed by atoms with van der Waals surface area (Å²) in [5, 5.41) is 2.58. The van der Waals surface area contributed by atoms with Crippen LogP contribution in [-0.4, -0.2) is 15.0 Å². The highest BCUT2D eigenvalue weighted by Crippen LogP contribution is 2.27. The van der Waals surface area contributed by atoms with Gasteiger partial charge in [0.05, 0.1) is 10.7 Å². The lowest BCUT2D eigenvalue weighted by molar-refractivity contribution is 0.631. The molecular formula is C9H4Cl3FN4. The number of benzene rings is 1. The molecule has 1 aromatic heterocycles. The second kappa shape index (κ2) is 5.00. The molecule has 0 unspecified atom stereocenters. The number of aromatic nitrogens is 3. The Morgan fingerprint density at radius 2 is 1.65 bits per heavy atom. The van der Waals surface area contributed by atoms with Crippen molar-refractivity contribution in [2.45, 2.75) is 0 Å². The molecule has 1 aromatic carbocycles. The third kappa shape index (κ3) is 2.94. The smallest absolute Gasteiger partial charge is 0.232 e. The highest BCUT2D eigenvalue weighted by atomic mass is 35.5. The Bertz CT molecular complexity index is 523. The normalized spacial score (nSPS) is 10.4. The van der Waals surface area contributed by atoms with E-state index in [0.717, 1.165) is 0 Å². The van der Waals surface area contributed by atoms with Gasteiger partial charge < -0.3 is 5.32 Å². The third-order valence-electron chi connectivity index (χ3n) is 1.78. The van der Waals surface area contributed by atoms with Gasteiger partial charge in [0, 0.05) is 0 Å². The number of hydrogen-bond donors (Lipinski definition) is 1. The third-order valence-corrected chi connectivity index (χ3v) is 2.43. The fourth-order valence-electron chi connectivity index (χ4n) is 1.11. The second-order valence-electron chi connectivity index (χ2n) is 2.92. The van der Waals surface area contributed by atoms with E-state index in [1.54, 1.807) is 0 Å². The van der Waals surface area contributed by atoms with Crippen LogP contribution in [0.5, 0.6) is 0 Å². The Kier molecular flexibility index (Phi) is 3.61. The Morgan fingerprint density at radius 1 is 1.00 bits per heavy atom. The minimum atomic E-state index is -0.537. The van der Waals surface area contributed by atoms with E-state index in [1.807, 2.05) is 0 Å². The summed E-state index contributed by atoms with van der Waals surface area (Å²) >= 11 is 17.0. The van der Waals surface area contributed by atoms with Crippen LogP contribution in [0, 0.1) is 5.82 Å². The van der Waals surface area contributed by atoms with Crippen molar-refractivity contribution < 1.29 is 4.39 Å². The minimum Gasteiger partial charge on any atom is -0.320 e. The van der Waals surface area contributed by atoms with Crippen LogP contribution in [-0.2, 0) is 0 Å². The molecule has 0 radical (unpaired) electrons. The van der Waals surface area contributed by atoms with Crippen LogP contribution in [0.2, 0.25) is 15.6 Å². The maximum absolute atomic E-state index is 13.5. The zero-order valence-corrected chi connectivity index (χ0v) is 10.4. The molecule has 17 heavy (non-hydrogen) atoms. The van der Waals surface area contributed by atoms with E-state index in [0.29, 0.717) is 0 Å². The summed E-state index contributed by atoms with van der Waals surface area (Å²) in [5.41, 5.74) is 0.0486. The van der Waals surface area contributed by atoms with E-state index < -0.39 is 5.82 Å². The molecule has 0 aliphatic carbocycles. The van der Waals surface area contributed by atoms with Gasteiger partial charge in [-0.05, 0) is 35.3 Å². The van der Waals surface area contributed by atoms with Crippen LogP contribution >= 0.6 is 34.8 Å². The molecule has 0 bridgehead atoms. The Hall–Kier alpha value is -1.17. The summed E-state index contributed by atoms with van der Waals surface area (Å²) in [5.74, 6) is -0.521. The summed E-state index contributed by atoms with van der Waals surface area (Å²) in [7, 11) is 0. The SMILES string of the molecule is Fc1cccc(Cl)c1Nc1nc(Cl)nc(Cl)n1. The van der Waals surface area contributed by atoms with Crippen molar-refractivity contribution in [3.63, 3.8) is 0 Å². The lowest BCUT2D eigenvalue weighted by Crippen LogP contribution is -2.01. The van der Waals surface area contributed by atoms with E-state index in [2.05, 4.69) is 20.3 Å². The summed E-state index contributed by atoms with van der Waals surface area (Å²) in [6.45, 7) is 0. The fraction of sp³-hybridized carbons (Fsp3) is 0. The first-order valence-electron chi connectivity index (χ1n) is 4.34. The Balaban J connectivity index is 2.38. The number of nitrogens with one attached hydrogen (secondary N) is 1. The van der Waals surface area contributed by atoms with Crippen molar-refractivity contribution in [3.8, 4) is 0 Å². The molecule has 4 nitrogen and oxygen atoms in total. The van der Waals surface area contributed by atoms with Gasteiger partial charge in [-0.15, -0.1) is 0 Å². The van der Waals surface area contributed by atoms with Crippen LogP contribution in [0.3, 0.4) is 0 Å². The van der Waals surface area contributed by atoms with Gasteiger partial charge in [0.15, 0.2) is 0 Å². The van der Waals surface area contributed by atoms with E-state index in [9.17, 15) is 4.39 Å². The van der Waals surface area contributed by atoms with Crippen LogP contribution < -0.4 is 5.32 Å². The van der Waals surface area contributed by atoms with E-state index in [-0.39, 0.29) is 27.2 Å². The van der Waals surface area contributed by atoms with Gasteiger partial charge in [-0.1, -0.05) is 17.7 Å². The van der Waals surface area contributed by atoms with Crippen LogP contribution in [0.15, 0.2) is 18.2 Å². The topological polar surface area (TPSA) is 50.7 Å². The zero-order chi connectivity index (χ0) is 12.4. The molecule has 0 aliphatic heterocycles. The number of nitrogens with zero attached hydrogens (tertiary/aromatic N) is 3. The van der Waals surface area contributed by atoms with Crippen molar-refractivity contribution in [2.24, 2.45) is 0 Å². The average Bonchev–Trinajstić information content (AvgIpc) is 2.22. The number of halogens is 4. The van der Waals surface area contributed by atoms with E-state index >= 15 is 0 Å². The standard InChI is InChI=1S/C9H4Cl3FN4/c10-4-2-1-3-5(13)6(4)14-9-16-7(11)15-8(12)17-9/h1-3H,(H,14,15,16,17). The molecule has 88 valence electrons. The van der Waals surface area contributed by atoms with Crippen LogP contribution in [0.4, 0.5) is 16.0 Å². The molecule has 0 saturated heterocycles. The first kappa shape index (κ1) is 12.3. The monoisotopic (exact) mass is 292 g/mol. The molecular weight excluding hydrogens is 289 g/mol. The molecule has 0 atom stereocenters. The van der Waals surface area contributed by atoms with Crippen LogP contribution in [0.1, 0.15) is 0 Å². The minimum absolute atomic E-state index is 0.0157. The summed E-state index contributed by atoms with van der Waals surface area (Å²) in [6, 6.07) is 4.26. The van der Waals surface area contributed by atoms with E-state index in [4.69, 9.17) is 34.8 Å². The van der Waals surface area contributed by atoms with Gasteiger partial charge in [0.25, 0.3) is 0 Å². The van der Waals surface area contributed by atoms with Crippen molar-refractivity contribution >= 4 is 46.4 Å². The predicted octanol–water partition coefficient (Wildman–Crippen LogP) is 3.71. The highest BCUT2D eigenvalue weighted by molar-refractivity contribution is 6.33. The molecule has 0 spiro atoms. The molecule has 0 aliphatic rings. The van der Waals surface area contributed by atoms with Gasteiger partial charge in [-0.25, -0.2) is 4.39 Å². The Labute approximate surface area is 111 Å². The lowest BCUT2D eigenvalue weighted by Gasteiger charge is -2.07. The number of para-hydroxylation sites is 1. The van der Waals surface area contributed by atoms with Gasteiger partial charge in [-0.2, -0.15) is 15.0 Å². The Morgan fingerprint density at radius 3 is 2.24 bits per heavy atom. The van der Waals surface area contributed by atoms with Crippen molar-refractivity contribution in [2.75, 3.05) is 5.32 Å². The molecule has 0 amide bonds. The van der Waals surface area contributed by atoms with Crippen molar-refractivity contribution in [3.05, 3.63) is 39.6 Å². The second-order valence-corrected chi connectivity index (χ2v) is 4.00. The molecule has 1 heterocycles. The fourth-order valence-corrected chi connectivity index (χ4v) is 1.68. The lowest BCUT2D eigenvalue weighted by atomic mass is 10.3. The van der Waals surface area contributed by atoms with Gasteiger partial charge in [-0.3, -0.25) is 0 Å². The van der Waals surface area contributed by atoms with Crippen LogP contribution in [0.25, 0.3) is 0 Å². The number of rotatable bonds is 2. The summed E-state index contributed by atoms with van der Waals surface area (Å²) in [6.07, 6.45) is 0. The molecule has 8 heteroatoms. The van der Waals surface area contributed by atoms with Crippen molar-refractivity contribution in [1.82, 2.24) is 15.0 Å². The summed E-state index contributed by atoms with van der Waals surface area (Å²) < 4.78 is 13.5. The van der Waals surface area contributed by atoms with E-state index in [1.165, 1.54) is 18.2 Å². The molecule has 2 aromatic rings. The molecule has 1 N–H and O–H groups in total. The van der Waals surface area contributed by atoms with Gasteiger partial charge in [0.2, 0.25) is 16.5 Å². The zero-order valence-electron chi connectivity index (χ0n) is 8.09. The number of anilines is 2. The quantitative estimate of drug-likeness (QED) is 0.917.